The van der Waals surface area contributed by atoms with Crippen molar-refractivity contribution < 1.29 is 28.6 Å². The molecule has 2 aliphatic heterocycles. The van der Waals surface area contributed by atoms with Crippen LogP contribution in [0.15, 0.2) is 85.2 Å². The van der Waals surface area contributed by atoms with E-state index in [0.29, 0.717) is 72.2 Å². The highest BCUT2D eigenvalue weighted by Crippen LogP contribution is 2.37. The van der Waals surface area contributed by atoms with Gasteiger partial charge in [-0.05, 0) is 73.0 Å². The maximum absolute atomic E-state index is 15.3. The van der Waals surface area contributed by atoms with Crippen LogP contribution in [0, 0.1) is 5.82 Å². The zero-order valence-electron chi connectivity index (χ0n) is 29.8. The Balaban J connectivity index is 1.32. The Morgan fingerprint density at radius 3 is 2.42 bits per heavy atom. The van der Waals surface area contributed by atoms with E-state index in [1.807, 2.05) is 28.5 Å². The number of phenols is 1. The van der Waals surface area contributed by atoms with E-state index in [-0.39, 0.29) is 23.6 Å². The summed E-state index contributed by atoms with van der Waals surface area (Å²) in [5, 5.41) is 14.3. The molecule has 0 bridgehead atoms. The highest BCUT2D eigenvalue weighted by atomic mass is 19.1. The van der Waals surface area contributed by atoms with Crippen molar-refractivity contribution in [2.45, 2.75) is 32.0 Å². The number of aryl methyl sites for hydroxylation is 1. The zero-order chi connectivity index (χ0) is 36.5. The quantitative estimate of drug-likeness (QED) is 0.205. The van der Waals surface area contributed by atoms with Gasteiger partial charge in [-0.3, -0.25) is 24.1 Å². The van der Waals surface area contributed by atoms with E-state index >= 15 is 4.39 Å². The van der Waals surface area contributed by atoms with E-state index < -0.39 is 11.9 Å². The third kappa shape index (κ3) is 6.84. The van der Waals surface area contributed by atoms with Gasteiger partial charge in [-0.25, -0.2) is 4.39 Å². The van der Waals surface area contributed by atoms with E-state index in [9.17, 15) is 14.7 Å². The van der Waals surface area contributed by atoms with Crippen LogP contribution in [0.1, 0.15) is 50.6 Å². The number of morpholine rings is 1. The van der Waals surface area contributed by atoms with Crippen molar-refractivity contribution in [1.82, 2.24) is 24.1 Å². The number of rotatable bonds is 9. The number of phenolic OH excluding ortho intramolecular Hbond substituents is 1. The second kappa shape index (κ2) is 14.7. The number of hydrogen-bond acceptors (Lipinski definition) is 7. The lowest BCUT2D eigenvalue weighted by molar-refractivity contribution is 0.0193. The molecule has 0 aliphatic carbocycles. The molecule has 4 heterocycles. The molecule has 1 fully saturated rings. The molecule has 52 heavy (non-hydrogen) atoms. The van der Waals surface area contributed by atoms with Gasteiger partial charge < -0.3 is 24.0 Å². The molecule has 3 aromatic carbocycles. The number of aromatic nitrogens is 3. The second-order valence-corrected chi connectivity index (χ2v) is 13.5. The number of carbonyl (C=O) groups is 2. The molecule has 2 amide bonds. The normalized spacial score (nSPS) is 16.8. The SMILES string of the molecule is COC(C)c1c(C(=O)N(c2ccc(O)cc2)c2cnn(C)c2)cc(-c2cc(F)ccc2C(=O)N2Cc3ccccc3C[C@H]2CN2CCOCC2)n1C. The van der Waals surface area contributed by atoms with Crippen molar-refractivity contribution in [3.8, 4) is 17.0 Å². The standard InChI is InChI=1S/C40H43FN6O5/c1-26(51-4)38-36(40(50)47(32-22-42-43(2)24-32)30-10-12-33(48)13-11-30)21-37(44(38)3)35-20-29(41)9-14-34(35)39(49)46-23-28-8-6-5-7-27(28)19-31(46)25-45-15-17-52-18-16-45/h5-14,20-22,24,26,31,48H,15-19,23,25H2,1-4H3/t26?,31-/m0/s1. The number of benzene rings is 3. The summed E-state index contributed by atoms with van der Waals surface area (Å²) in [6, 6.07) is 20.4. The zero-order valence-corrected chi connectivity index (χ0v) is 29.8. The van der Waals surface area contributed by atoms with Gasteiger partial charge in [-0.1, -0.05) is 24.3 Å². The predicted octanol–water partition coefficient (Wildman–Crippen LogP) is 5.86. The number of carbonyl (C=O) groups excluding carboxylic acids is 2. The first-order chi connectivity index (χ1) is 25.1. The van der Waals surface area contributed by atoms with Gasteiger partial charge in [0.1, 0.15) is 11.6 Å². The van der Waals surface area contributed by atoms with Crippen LogP contribution < -0.4 is 4.90 Å². The molecule has 1 unspecified atom stereocenters. The minimum atomic E-state index is -0.544. The summed E-state index contributed by atoms with van der Waals surface area (Å²) in [7, 11) is 5.12. The molecule has 270 valence electrons. The Bertz CT molecular complexity index is 2090. The summed E-state index contributed by atoms with van der Waals surface area (Å²) in [4.78, 5) is 35.3. The molecular formula is C40H43FN6O5. The first-order valence-corrected chi connectivity index (χ1v) is 17.4. The average Bonchev–Trinajstić information content (AvgIpc) is 3.74. The van der Waals surface area contributed by atoms with E-state index in [1.165, 1.54) is 34.7 Å². The molecule has 0 radical (unpaired) electrons. The largest absolute Gasteiger partial charge is 0.508 e. The van der Waals surface area contributed by atoms with Crippen molar-refractivity contribution in [1.29, 1.82) is 0 Å². The van der Waals surface area contributed by atoms with Gasteiger partial charge >= 0.3 is 0 Å². The van der Waals surface area contributed by atoms with Crippen LogP contribution in [-0.2, 0) is 36.5 Å². The van der Waals surface area contributed by atoms with Gasteiger partial charge in [0.05, 0.1) is 42.5 Å². The van der Waals surface area contributed by atoms with E-state index in [4.69, 9.17) is 9.47 Å². The number of ether oxygens (including phenoxy) is 2. The Morgan fingerprint density at radius 2 is 1.73 bits per heavy atom. The summed E-state index contributed by atoms with van der Waals surface area (Å²) in [5.74, 6) is -1.04. The molecule has 2 atom stereocenters. The molecule has 11 nitrogen and oxygen atoms in total. The van der Waals surface area contributed by atoms with Gasteiger partial charge in [0, 0.05) is 82.1 Å². The number of fused-ring (bicyclic) bond motifs is 1. The van der Waals surface area contributed by atoms with Gasteiger partial charge in [0.25, 0.3) is 11.8 Å². The van der Waals surface area contributed by atoms with E-state index in [2.05, 4.69) is 22.1 Å². The Labute approximate surface area is 302 Å². The maximum atomic E-state index is 15.3. The lowest BCUT2D eigenvalue weighted by Crippen LogP contribution is -2.52. The summed E-state index contributed by atoms with van der Waals surface area (Å²) in [6.45, 7) is 5.85. The second-order valence-electron chi connectivity index (χ2n) is 13.5. The summed E-state index contributed by atoms with van der Waals surface area (Å²) >= 11 is 0. The molecule has 2 aliphatic rings. The van der Waals surface area contributed by atoms with Crippen LogP contribution in [0.4, 0.5) is 15.8 Å². The van der Waals surface area contributed by atoms with Gasteiger partial charge in [-0.15, -0.1) is 0 Å². The van der Waals surface area contributed by atoms with Crippen LogP contribution in [0.3, 0.4) is 0 Å². The number of halogens is 1. The highest BCUT2D eigenvalue weighted by molar-refractivity contribution is 6.12. The summed E-state index contributed by atoms with van der Waals surface area (Å²) in [6.07, 6.45) is 3.47. The average molecular weight is 707 g/mol. The van der Waals surface area contributed by atoms with Crippen LogP contribution in [-0.4, -0.2) is 87.1 Å². The summed E-state index contributed by atoms with van der Waals surface area (Å²) < 4.78 is 30.0. The summed E-state index contributed by atoms with van der Waals surface area (Å²) in [5.41, 5.74) is 5.39. The number of hydrogen-bond donors (Lipinski definition) is 1. The molecule has 5 aromatic rings. The first kappa shape index (κ1) is 35.1. The van der Waals surface area contributed by atoms with E-state index in [1.54, 1.807) is 62.5 Å². The van der Waals surface area contributed by atoms with Crippen molar-refractivity contribution >= 4 is 23.2 Å². The Hall–Kier alpha value is -5.30. The number of nitrogens with zero attached hydrogens (tertiary/aromatic N) is 6. The van der Waals surface area contributed by atoms with Gasteiger partial charge in [0.15, 0.2) is 0 Å². The molecule has 0 saturated carbocycles. The van der Waals surface area contributed by atoms with Crippen molar-refractivity contribution in [2.75, 3.05) is 44.9 Å². The molecule has 7 rings (SSSR count). The monoisotopic (exact) mass is 706 g/mol. The van der Waals surface area contributed by atoms with E-state index in [0.717, 1.165) is 18.7 Å². The number of amides is 2. The fraction of sp³-hybridized carbons (Fsp3) is 0.325. The van der Waals surface area contributed by atoms with Gasteiger partial charge in [0.2, 0.25) is 0 Å². The molecule has 1 N–H and O–H groups in total. The number of anilines is 2. The van der Waals surface area contributed by atoms with Gasteiger partial charge in [-0.2, -0.15) is 5.10 Å². The minimum absolute atomic E-state index is 0.0608. The third-order valence-electron chi connectivity index (χ3n) is 10.2. The molecular weight excluding hydrogens is 663 g/mol. The predicted molar refractivity (Wildman–Crippen MR) is 195 cm³/mol. The van der Waals surface area contributed by atoms with Crippen molar-refractivity contribution in [3.05, 3.63) is 119 Å². The topological polar surface area (TPSA) is 105 Å². The lowest BCUT2D eigenvalue weighted by Gasteiger charge is -2.40. The van der Waals surface area contributed by atoms with Crippen LogP contribution >= 0.6 is 0 Å². The maximum Gasteiger partial charge on any atom is 0.264 e. The lowest BCUT2D eigenvalue weighted by atomic mass is 9.92. The molecule has 12 heteroatoms. The Kier molecular flexibility index (Phi) is 9.96. The van der Waals surface area contributed by atoms with Crippen LogP contribution in [0.2, 0.25) is 0 Å². The molecule has 1 saturated heterocycles. The van der Waals surface area contributed by atoms with Crippen molar-refractivity contribution in [2.24, 2.45) is 14.1 Å². The smallest absolute Gasteiger partial charge is 0.264 e. The van der Waals surface area contributed by atoms with Crippen LogP contribution in [0.25, 0.3) is 11.3 Å². The molecule has 0 spiro atoms. The fourth-order valence-electron chi connectivity index (χ4n) is 7.42. The number of aromatic hydroxyl groups is 1. The minimum Gasteiger partial charge on any atom is -0.508 e. The first-order valence-electron chi connectivity index (χ1n) is 17.4. The highest BCUT2D eigenvalue weighted by Gasteiger charge is 2.35. The molecule has 2 aromatic heterocycles. The fourth-order valence-corrected chi connectivity index (χ4v) is 7.42. The Morgan fingerprint density at radius 1 is 1.00 bits per heavy atom. The van der Waals surface area contributed by atoms with Crippen molar-refractivity contribution in [3.63, 3.8) is 0 Å². The third-order valence-corrected chi connectivity index (χ3v) is 10.2. The number of methoxy groups -OCH3 is 1. The van der Waals surface area contributed by atoms with Crippen LogP contribution in [0.5, 0.6) is 5.75 Å².